The van der Waals surface area contributed by atoms with Crippen LogP contribution in [0.1, 0.15) is 51.0 Å². The highest BCUT2D eigenvalue weighted by Gasteiger charge is 2.47. The largest absolute Gasteiger partial charge is 0.383 e. The number of likely N-dealkylation sites (N-methyl/N-ethyl adjacent to an activating group) is 1. The lowest BCUT2D eigenvalue weighted by molar-refractivity contribution is -0.114. The third-order valence-electron chi connectivity index (χ3n) is 6.34. The first-order chi connectivity index (χ1) is 11.7. The SMILES string of the molecule is CCC(N1CCN(C)CC1)C(O)(c1ccccc1)C1CCCCC1.Cl. The minimum Gasteiger partial charge on any atom is -0.383 e. The van der Waals surface area contributed by atoms with Crippen molar-refractivity contribution in [3.63, 3.8) is 0 Å². The zero-order chi connectivity index (χ0) is 17.0. The van der Waals surface area contributed by atoms with E-state index in [2.05, 4.69) is 54.1 Å². The van der Waals surface area contributed by atoms with Crippen LogP contribution in [-0.4, -0.2) is 54.2 Å². The molecule has 0 bridgehead atoms. The summed E-state index contributed by atoms with van der Waals surface area (Å²) in [5, 5.41) is 12.1. The molecule has 3 nitrogen and oxygen atoms in total. The average molecular weight is 367 g/mol. The lowest BCUT2D eigenvalue weighted by atomic mass is 9.68. The van der Waals surface area contributed by atoms with Crippen molar-refractivity contribution in [2.24, 2.45) is 5.92 Å². The molecule has 2 unspecified atom stereocenters. The Bertz CT molecular complexity index is 498. The van der Waals surface area contributed by atoms with E-state index in [1.165, 1.54) is 19.3 Å². The predicted octanol–water partition coefficient (Wildman–Crippen LogP) is 3.90. The van der Waals surface area contributed by atoms with E-state index in [0.717, 1.165) is 51.0 Å². The third kappa shape index (κ3) is 4.39. The normalized spacial score (nSPS) is 24.3. The fraction of sp³-hybridized carbons (Fsp3) is 0.714. The summed E-state index contributed by atoms with van der Waals surface area (Å²) in [4.78, 5) is 4.95. The van der Waals surface area contributed by atoms with Crippen LogP contribution in [0.5, 0.6) is 0 Å². The molecular weight excluding hydrogens is 332 g/mol. The van der Waals surface area contributed by atoms with Crippen LogP contribution in [0, 0.1) is 5.92 Å². The van der Waals surface area contributed by atoms with Crippen LogP contribution in [0.2, 0.25) is 0 Å². The number of nitrogens with zero attached hydrogens (tertiary/aromatic N) is 2. The summed E-state index contributed by atoms with van der Waals surface area (Å²) >= 11 is 0. The van der Waals surface area contributed by atoms with Gasteiger partial charge in [0.1, 0.15) is 5.60 Å². The van der Waals surface area contributed by atoms with Crippen molar-refractivity contribution in [3.05, 3.63) is 35.9 Å². The van der Waals surface area contributed by atoms with E-state index in [-0.39, 0.29) is 18.4 Å². The molecule has 142 valence electrons. The standard InChI is InChI=1S/C21H34N2O.ClH/c1-3-20(23-16-14-22(2)15-17-23)21(24,18-10-6-4-7-11-18)19-12-8-5-9-13-19;/h4,6-7,10-11,19-20,24H,3,5,8-9,12-17H2,1-2H3;1H. The second kappa shape index (κ2) is 9.36. The first kappa shape index (κ1) is 20.7. The zero-order valence-corrected chi connectivity index (χ0v) is 16.7. The molecule has 2 atom stereocenters. The van der Waals surface area contributed by atoms with E-state index < -0.39 is 5.60 Å². The van der Waals surface area contributed by atoms with Crippen molar-refractivity contribution in [3.8, 4) is 0 Å². The molecular formula is C21H35ClN2O. The van der Waals surface area contributed by atoms with Gasteiger partial charge in [-0.2, -0.15) is 0 Å². The van der Waals surface area contributed by atoms with E-state index in [9.17, 15) is 5.11 Å². The summed E-state index contributed by atoms with van der Waals surface area (Å²) in [7, 11) is 2.20. The Kier molecular flexibility index (Phi) is 7.75. The summed E-state index contributed by atoms with van der Waals surface area (Å²) in [6.45, 7) is 6.59. The molecule has 2 fully saturated rings. The maximum atomic E-state index is 12.1. The summed E-state index contributed by atoms with van der Waals surface area (Å²) in [6.07, 6.45) is 7.18. The van der Waals surface area contributed by atoms with Crippen LogP contribution >= 0.6 is 12.4 Å². The van der Waals surface area contributed by atoms with Gasteiger partial charge in [-0.05, 0) is 37.8 Å². The molecule has 0 aromatic heterocycles. The monoisotopic (exact) mass is 366 g/mol. The van der Waals surface area contributed by atoms with Crippen molar-refractivity contribution >= 4 is 12.4 Å². The molecule has 2 aliphatic rings. The average Bonchev–Trinajstić information content (AvgIpc) is 2.65. The van der Waals surface area contributed by atoms with E-state index in [0.29, 0.717) is 5.92 Å². The predicted molar refractivity (Wildman–Crippen MR) is 107 cm³/mol. The van der Waals surface area contributed by atoms with E-state index in [1.807, 2.05) is 0 Å². The first-order valence-corrected chi connectivity index (χ1v) is 9.86. The van der Waals surface area contributed by atoms with Crippen LogP contribution in [-0.2, 0) is 5.60 Å². The Balaban J connectivity index is 0.00000225. The van der Waals surface area contributed by atoms with E-state index in [4.69, 9.17) is 0 Å². The second-order valence-corrected chi connectivity index (χ2v) is 7.79. The van der Waals surface area contributed by atoms with Crippen molar-refractivity contribution in [1.82, 2.24) is 9.80 Å². The van der Waals surface area contributed by atoms with Crippen molar-refractivity contribution in [1.29, 1.82) is 0 Å². The van der Waals surface area contributed by atoms with Crippen molar-refractivity contribution in [2.45, 2.75) is 57.1 Å². The molecule has 1 aromatic carbocycles. The van der Waals surface area contributed by atoms with Gasteiger partial charge in [0.05, 0.1) is 0 Å². The molecule has 3 rings (SSSR count). The number of halogens is 1. The Morgan fingerprint density at radius 2 is 1.64 bits per heavy atom. The highest BCUT2D eigenvalue weighted by Crippen LogP contribution is 2.44. The first-order valence-electron chi connectivity index (χ1n) is 9.86. The minimum absolute atomic E-state index is 0. The quantitative estimate of drug-likeness (QED) is 0.856. The number of piperazine rings is 1. The van der Waals surface area contributed by atoms with Crippen molar-refractivity contribution < 1.29 is 5.11 Å². The van der Waals surface area contributed by atoms with Crippen LogP contribution in [0.15, 0.2) is 30.3 Å². The summed E-state index contributed by atoms with van der Waals surface area (Å²) < 4.78 is 0. The van der Waals surface area contributed by atoms with Crippen LogP contribution in [0.3, 0.4) is 0 Å². The molecule has 1 aromatic rings. The lowest BCUT2D eigenvalue weighted by Crippen LogP contribution is -2.59. The zero-order valence-electron chi connectivity index (χ0n) is 15.9. The molecule has 0 spiro atoms. The number of benzene rings is 1. The van der Waals surface area contributed by atoms with Gasteiger partial charge < -0.3 is 10.0 Å². The Labute approximate surface area is 159 Å². The maximum absolute atomic E-state index is 12.1. The Hall–Kier alpha value is -0.610. The van der Waals surface area contributed by atoms with Gasteiger partial charge in [0.15, 0.2) is 0 Å². The maximum Gasteiger partial charge on any atom is 0.108 e. The highest BCUT2D eigenvalue weighted by molar-refractivity contribution is 5.85. The number of aliphatic hydroxyl groups is 1. The van der Waals surface area contributed by atoms with Crippen molar-refractivity contribution in [2.75, 3.05) is 33.2 Å². The summed E-state index contributed by atoms with van der Waals surface area (Å²) in [5.74, 6) is 0.387. The molecule has 1 saturated carbocycles. The summed E-state index contributed by atoms with van der Waals surface area (Å²) in [5.41, 5.74) is 0.412. The van der Waals surface area contributed by atoms with Gasteiger partial charge in [0, 0.05) is 32.2 Å². The van der Waals surface area contributed by atoms with Gasteiger partial charge in [-0.1, -0.05) is 56.5 Å². The lowest BCUT2D eigenvalue weighted by Gasteiger charge is -2.50. The van der Waals surface area contributed by atoms with Gasteiger partial charge in [-0.25, -0.2) is 0 Å². The molecule has 1 aliphatic heterocycles. The molecule has 1 N–H and O–H groups in total. The molecule has 0 radical (unpaired) electrons. The van der Waals surface area contributed by atoms with E-state index >= 15 is 0 Å². The second-order valence-electron chi connectivity index (χ2n) is 7.79. The molecule has 1 saturated heterocycles. The number of rotatable bonds is 5. The van der Waals surface area contributed by atoms with Gasteiger partial charge in [0.25, 0.3) is 0 Å². The smallest absolute Gasteiger partial charge is 0.108 e. The molecule has 0 amide bonds. The van der Waals surface area contributed by atoms with Crippen LogP contribution in [0.25, 0.3) is 0 Å². The fourth-order valence-electron chi connectivity index (χ4n) is 4.93. The van der Waals surface area contributed by atoms with Crippen LogP contribution in [0.4, 0.5) is 0 Å². The highest BCUT2D eigenvalue weighted by atomic mass is 35.5. The van der Waals surface area contributed by atoms with Crippen LogP contribution < -0.4 is 0 Å². The van der Waals surface area contributed by atoms with Gasteiger partial charge in [-0.3, -0.25) is 4.90 Å². The number of hydrogen-bond acceptors (Lipinski definition) is 3. The van der Waals surface area contributed by atoms with Gasteiger partial charge in [-0.15, -0.1) is 12.4 Å². The van der Waals surface area contributed by atoms with E-state index in [1.54, 1.807) is 0 Å². The minimum atomic E-state index is -0.716. The Morgan fingerprint density at radius 3 is 2.20 bits per heavy atom. The van der Waals surface area contributed by atoms with Gasteiger partial charge >= 0.3 is 0 Å². The fourth-order valence-corrected chi connectivity index (χ4v) is 4.93. The molecule has 1 aliphatic carbocycles. The van der Waals surface area contributed by atoms with Gasteiger partial charge in [0.2, 0.25) is 0 Å². The third-order valence-corrected chi connectivity index (χ3v) is 6.34. The molecule has 1 heterocycles. The Morgan fingerprint density at radius 1 is 1.04 bits per heavy atom. The molecule has 4 heteroatoms. The topological polar surface area (TPSA) is 26.7 Å². The molecule has 25 heavy (non-hydrogen) atoms. The summed E-state index contributed by atoms with van der Waals surface area (Å²) in [6, 6.07) is 10.7. The number of hydrogen-bond donors (Lipinski definition) is 1.